The van der Waals surface area contributed by atoms with E-state index in [1.165, 1.54) is 18.2 Å². The number of carboxylic acid groups (broad SMARTS) is 2. The Morgan fingerprint density at radius 2 is 1.79 bits per heavy atom. The largest absolute Gasteiger partial charge is 2.00 e. The first kappa shape index (κ1) is 15.1. The Morgan fingerprint density at radius 1 is 1.21 bits per heavy atom. The summed E-state index contributed by atoms with van der Waals surface area (Å²) in [6.07, 6.45) is 0. The third kappa shape index (κ3) is 3.18. The van der Waals surface area contributed by atoms with Gasteiger partial charge in [-0.25, -0.2) is 0 Å². The third-order valence-electron chi connectivity index (χ3n) is 1.30. The van der Waals surface area contributed by atoms with E-state index in [0.29, 0.717) is 0 Å². The predicted molar refractivity (Wildman–Crippen MR) is 44.5 cm³/mol. The topological polar surface area (TPSA) is 108 Å². The molecule has 1 radical (unpaired) electrons. The Kier molecular flexibility index (Phi) is 6.64. The molecular weight excluding hydrogens is 238 g/mol. The summed E-state index contributed by atoms with van der Waals surface area (Å²) in [5, 5.41) is 17.1. The summed E-state index contributed by atoms with van der Waals surface area (Å²) >= 11 is 0. The molecule has 0 spiro atoms. The molecule has 0 atom stereocenters. The Bertz CT molecular complexity index is 307. The normalized spacial score (nSPS) is 8.00. The maximum absolute atomic E-state index is 10.4. The zero-order valence-corrected chi connectivity index (χ0v) is 7.76. The third-order valence-corrected chi connectivity index (χ3v) is 1.30. The van der Waals surface area contributed by atoms with Crippen LogP contribution < -0.4 is 0 Å². The maximum atomic E-state index is 10.4. The number of carbonyl (C=O) groups is 2. The van der Waals surface area contributed by atoms with E-state index in [0.717, 1.165) is 0 Å². The van der Waals surface area contributed by atoms with E-state index in [1.54, 1.807) is 0 Å². The van der Waals surface area contributed by atoms with E-state index in [9.17, 15) is 9.59 Å². The Balaban J connectivity index is 0. The van der Waals surface area contributed by atoms with E-state index < -0.39 is 11.9 Å². The number of aromatic carboxylic acids is 2. The summed E-state index contributed by atoms with van der Waals surface area (Å²) in [6.45, 7) is 0. The molecule has 6 heteroatoms. The van der Waals surface area contributed by atoms with Crippen molar-refractivity contribution in [1.82, 2.24) is 0 Å². The molecule has 0 fully saturated rings. The molecule has 14 heavy (non-hydrogen) atoms. The van der Waals surface area contributed by atoms with E-state index in [4.69, 9.17) is 10.2 Å². The predicted octanol–water partition coefficient (Wildman–Crippen LogP) is 1.60. The van der Waals surface area contributed by atoms with Gasteiger partial charge in [0.2, 0.25) is 5.97 Å². The molecule has 5 nitrogen and oxygen atoms in total. The summed E-state index contributed by atoms with van der Waals surface area (Å²) in [5.74, 6) is -2.54. The number of hydrogen-bond donors (Lipinski definition) is 2. The van der Waals surface area contributed by atoms with Gasteiger partial charge in [0, 0.05) is 0 Å². The average Bonchev–Trinajstić information content (AvgIpc) is 2.04. The summed E-state index contributed by atoms with van der Waals surface area (Å²) in [5.41, 5.74) is -0.560. The second kappa shape index (κ2) is 6.15. The first-order valence-electron chi connectivity index (χ1n) is 3.10. The van der Waals surface area contributed by atoms with Crippen LogP contribution in [0.2, 0.25) is 0 Å². The standard InChI is InChI=1S/C8H5O4.Cu.H2N/c9-7(10)5-3-1-2-4-6(5)8(11)12;;/h1-3H,(H,9,10)(H,11,12);;1H2/q-1;+2;-1. The fraction of sp³-hybridized carbons (Fsp3) is 0. The Morgan fingerprint density at radius 3 is 2.14 bits per heavy atom. The first-order chi connectivity index (χ1) is 5.63. The van der Waals surface area contributed by atoms with Crippen LogP contribution in [-0.2, 0) is 17.1 Å². The van der Waals surface area contributed by atoms with Gasteiger partial charge in [0.05, 0.1) is 0 Å². The number of hydrogen-bond acceptors (Lipinski definition) is 2. The van der Waals surface area contributed by atoms with Gasteiger partial charge < -0.3 is 21.2 Å². The van der Waals surface area contributed by atoms with Crippen molar-refractivity contribution in [2.45, 2.75) is 0 Å². The SMILES string of the molecule is O=C(O)c1[c-]cccc1C(=O)O.[Cu+2].[NH2-]. The van der Waals surface area contributed by atoms with Crippen LogP contribution in [0, 0.1) is 6.07 Å². The van der Waals surface area contributed by atoms with Crippen molar-refractivity contribution in [2.75, 3.05) is 0 Å². The molecule has 0 aliphatic heterocycles. The molecule has 4 N–H and O–H groups in total. The van der Waals surface area contributed by atoms with Crippen molar-refractivity contribution in [3.63, 3.8) is 0 Å². The molecule has 0 bridgehead atoms. The van der Waals surface area contributed by atoms with Crippen molar-refractivity contribution in [3.05, 3.63) is 41.5 Å². The summed E-state index contributed by atoms with van der Waals surface area (Å²) in [4.78, 5) is 20.9. The molecule has 0 heterocycles. The monoisotopic (exact) mass is 244 g/mol. The van der Waals surface area contributed by atoms with Crippen LogP contribution in [0.3, 0.4) is 0 Å². The van der Waals surface area contributed by atoms with Crippen molar-refractivity contribution in [2.24, 2.45) is 0 Å². The van der Waals surface area contributed by atoms with Crippen molar-refractivity contribution >= 4 is 11.9 Å². The summed E-state index contributed by atoms with van der Waals surface area (Å²) in [7, 11) is 0. The maximum Gasteiger partial charge on any atom is 2.00 e. The molecule has 0 aliphatic carbocycles. The van der Waals surface area contributed by atoms with Gasteiger partial charge in [-0.05, 0) is 5.56 Å². The minimum atomic E-state index is -1.28. The second-order valence-electron chi connectivity index (χ2n) is 2.07. The van der Waals surface area contributed by atoms with E-state index in [1.807, 2.05) is 0 Å². The van der Waals surface area contributed by atoms with Gasteiger partial charge in [-0.15, -0.1) is 24.3 Å². The zero-order valence-electron chi connectivity index (χ0n) is 6.82. The molecule has 0 amide bonds. The van der Waals surface area contributed by atoms with Crippen LogP contribution in [0.15, 0.2) is 18.2 Å². The quantitative estimate of drug-likeness (QED) is 0.608. The molecule has 0 aromatic heterocycles. The van der Waals surface area contributed by atoms with Gasteiger partial charge in [-0.3, -0.25) is 4.79 Å². The van der Waals surface area contributed by atoms with Crippen LogP contribution in [0.1, 0.15) is 20.7 Å². The Labute approximate surface area is 90.8 Å². The van der Waals surface area contributed by atoms with Gasteiger partial charge >= 0.3 is 17.1 Å². The molecule has 0 aliphatic rings. The molecule has 1 aromatic carbocycles. The Hall–Kier alpha value is -1.36. The van der Waals surface area contributed by atoms with Gasteiger partial charge in [-0.2, -0.15) is 0 Å². The molecule has 0 unspecified atom stereocenters. The summed E-state index contributed by atoms with van der Waals surface area (Å²) < 4.78 is 0. The van der Waals surface area contributed by atoms with Crippen LogP contribution in [0.5, 0.6) is 0 Å². The minimum Gasteiger partial charge on any atom is -0.693 e. The van der Waals surface area contributed by atoms with Crippen molar-refractivity contribution < 1.29 is 36.9 Å². The number of nitrogens with two attached hydrogens (primary N) is 1. The molecule has 1 rings (SSSR count). The average molecular weight is 245 g/mol. The van der Waals surface area contributed by atoms with E-state index in [2.05, 4.69) is 6.07 Å². The first-order valence-corrected chi connectivity index (χ1v) is 3.10. The van der Waals surface area contributed by atoms with Crippen LogP contribution in [-0.4, -0.2) is 22.2 Å². The van der Waals surface area contributed by atoms with E-state index in [-0.39, 0.29) is 34.3 Å². The second-order valence-corrected chi connectivity index (χ2v) is 2.07. The molecular formula is C8H7CuNO4. The molecule has 1 aromatic rings. The summed E-state index contributed by atoms with van der Waals surface area (Å²) in [6, 6.07) is 6.35. The smallest absolute Gasteiger partial charge is 0.693 e. The van der Waals surface area contributed by atoms with Crippen molar-refractivity contribution in [1.29, 1.82) is 0 Å². The van der Waals surface area contributed by atoms with E-state index >= 15 is 0 Å². The van der Waals surface area contributed by atoms with Crippen molar-refractivity contribution in [3.8, 4) is 0 Å². The van der Waals surface area contributed by atoms with Crippen LogP contribution in [0.4, 0.5) is 0 Å². The van der Waals surface area contributed by atoms with Gasteiger partial charge in [-0.1, -0.05) is 5.56 Å². The van der Waals surface area contributed by atoms with Gasteiger partial charge in [0.1, 0.15) is 0 Å². The number of carboxylic acids is 2. The van der Waals surface area contributed by atoms with Crippen LogP contribution in [0.25, 0.3) is 6.15 Å². The fourth-order valence-electron chi connectivity index (χ4n) is 0.792. The minimum absolute atomic E-state index is 0. The van der Waals surface area contributed by atoms with Crippen LogP contribution >= 0.6 is 0 Å². The molecule has 0 saturated carbocycles. The number of benzene rings is 1. The fourth-order valence-corrected chi connectivity index (χ4v) is 0.792. The molecule has 79 valence electrons. The zero-order chi connectivity index (χ0) is 9.14. The molecule has 0 saturated heterocycles. The van der Waals surface area contributed by atoms with Gasteiger partial charge in [0.25, 0.3) is 5.97 Å². The number of rotatable bonds is 2. The van der Waals surface area contributed by atoms with Gasteiger partial charge in [0.15, 0.2) is 0 Å².